The van der Waals surface area contributed by atoms with Crippen molar-refractivity contribution in [3.8, 4) is 0 Å². The summed E-state index contributed by atoms with van der Waals surface area (Å²) in [4.78, 5) is 36.9. The van der Waals surface area contributed by atoms with Gasteiger partial charge in [0.15, 0.2) is 11.5 Å². The summed E-state index contributed by atoms with van der Waals surface area (Å²) in [5.74, 6) is -1.39. The summed E-state index contributed by atoms with van der Waals surface area (Å²) in [5, 5.41) is 0.378. The average Bonchev–Trinajstić information content (AvgIpc) is 2.63. The summed E-state index contributed by atoms with van der Waals surface area (Å²) in [6, 6.07) is 13.0. The minimum absolute atomic E-state index is 0.228. The lowest BCUT2D eigenvalue weighted by molar-refractivity contribution is 0.0289. The molecule has 3 aromatic rings. The van der Waals surface area contributed by atoms with Crippen LogP contribution in [-0.4, -0.2) is 17.9 Å². The van der Waals surface area contributed by atoms with Crippen LogP contribution >= 0.6 is 0 Å². The van der Waals surface area contributed by atoms with Crippen molar-refractivity contribution in [1.82, 2.24) is 0 Å². The molecule has 2 aromatic carbocycles. The quantitative estimate of drug-likeness (QED) is 0.528. The fourth-order valence-corrected chi connectivity index (χ4v) is 2.61. The molecule has 1 atom stereocenters. The van der Waals surface area contributed by atoms with Crippen LogP contribution in [0.4, 0.5) is 0 Å². The first-order valence-corrected chi connectivity index (χ1v) is 8.22. The van der Waals surface area contributed by atoms with Gasteiger partial charge in [0.2, 0.25) is 11.5 Å². The predicted molar refractivity (Wildman–Crippen MR) is 97.6 cm³/mol. The number of hydrogen-bond acceptors (Lipinski definition) is 5. The van der Waals surface area contributed by atoms with Crippen molar-refractivity contribution in [2.75, 3.05) is 0 Å². The van der Waals surface area contributed by atoms with Crippen LogP contribution in [0.3, 0.4) is 0 Å². The van der Waals surface area contributed by atoms with Crippen molar-refractivity contribution in [3.05, 3.63) is 81.2 Å². The largest absolute Gasteiger partial charge is 0.449 e. The molecule has 0 aliphatic heterocycles. The van der Waals surface area contributed by atoms with E-state index in [1.807, 2.05) is 19.9 Å². The molecule has 0 N–H and O–H groups in total. The lowest BCUT2D eigenvalue weighted by atomic mass is 10.0. The maximum absolute atomic E-state index is 12.5. The molecule has 3 rings (SSSR count). The van der Waals surface area contributed by atoms with Gasteiger partial charge in [-0.2, -0.15) is 0 Å². The van der Waals surface area contributed by atoms with Gasteiger partial charge in [-0.15, -0.1) is 0 Å². The number of benzene rings is 2. The van der Waals surface area contributed by atoms with E-state index in [1.165, 1.54) is 6.92 Å². The van der Waals surface area contributed by atoms with E-state index in [0.717, 1.165) is 17.2 Å². The number of esters is 1. The molecule has 0 amide bonds. The van der Waals surface area contributed by atoms with Crippen LogP contribution in [0.2, 0.25) is 0 Å². The van der Waals surface area contributed by atoms with Gasteiger partial charge < -0.3 is 9.15 Å². The third-order valence-electron chi connectivity index (χ3n) is 4.28. The Kier molecular flexibility index (Phi) is 4.71. The number of ether oxygens (including phenoxy) is 1. The van der Waals surface area contributed by atoms with Gasteiger partial charge >= 0.3 is 5.97 Å². The Hall–Kier alpha value is -3.21. The third-order valence-corrected chi connectivity index (χ3v) is 4.28. The van der Waals surface area contributed by atoms with Crippen molar-refractivity contribution < 1.29 is 18.7 Å². The molecule has 0 saturated carbocycles. The van der Waals surface area contributed by atoms with Crippen LogP contribution < -0.4 is 5.43 Å². The zero-order chi connectivity index (χ0) is 18.8. The molecule has 0 unspecified atom stereocenters. The van der Waals surface area contributed by atoms with E-state index in [0.29, 0.717) is 16.5 Å². The minimum atomic E-state index is -0.999. The molecule has 0 saturated heterocycles. The number of carbonyl (C=O) groups is 2. The summed E-state index contributed by atoms with van der Waals surface area (Å²) in [7, 11) is 0. The highest BCUT2D eigenvalue weighted by Crippen LogP contribution is 2.16. The number of Topliss-reactive ketones (excluding diaryl/α,β-unsaturated/α-hetero) is 1. The Morgan fingerprint density at radius 1 is 1.00 bits per heavy atom. The van der Waals surface area contributed by atoms with Crippen LogP contribution in [-0.2, 0) is 4.74 Å². The summed E-state index contributed by atoms with van der Waals surface area (Å²) in [5.41, 5.74) is 2.47. The van der Waals surface area contributed by atoms with Crippen molar-refractivity contribution in [3.63, 3.8) is 0 Å². The number of para-hydroxylation sites is 1. The second kappa shape index (κ2) is 6.96. The Morgan fingerprint density at radius 2 is 1.73 bits per heavy atom. The van der Waals surface area contributed by atoms with E-state index in [2.05, 4.69) is 0 Å². The molecule has 26 heavy (non-hydrogen) atoms. The lowest BCUT2D eigenvalue weighted by Gasteiger charge is -2.13. The van der Waals surface area contributed by atoms with Crippen LogP contribution in [0.25, 0.3) is 11.0 Å². The maximum Gasteiger partial charge on any atom is 0.375 e. The number of ketones is 1. The Labute approximate surface area is 150 Å². The molecular weight excluding hydrogens is 332 g/mol. The molecule has 1 aromatic heterocycles. The molecule has 5 heteroatoms. The van der Waals surface area contributed by atoms with Crippen molar-refractivity contribution in [1.29, 1.82) is 0 Å². The second-order valence-corrected chi connectivity index (χ2v) is 6.18. The van der Waals surface area contributed by atoms with Gasteiger partial charge in [-0.05, 0) is 50.1 Å². The van der Waals surface area contributed by atoms with Crippen molar-refractivity contribution in [2.45, 2.75) is 26.9 Å². The van der Waals surface area contributed by atoms with Crippen LogP contribution in [0.15, 0.2) is 57.7 Å². The molecule has 0 bridgehead atoms. The summed E-state index contributed by atoms with van der Waals surface area (Å²) >= 11 is 0. The summed E-state index contributed by atoms with van der Waals surface area (Å²) < 4.78 is 10.6. The van der Waals surface area contributed by atoms with Crippen molar-refractivity contribution in [2.24, 2.45) is 0 Å². The zero-order valence-corrected chi connectivity index (χ0v) is 14.7. The number of fused-ring (bicyclic) bond motifs is 1. The highest BCUT2D eigenvalue weighted by Gasteiger charge is 2.22. The molecule has 0 radical (unpaired) electrons. The van der Waals surface area contributed by atoms with Gasteiger partial charge in [0.25, 0.3) is 0 Å². The Balaban J connectivity index is 1.81. The average molecular weight is 350 g/mol. The molecule has 5 nitrogen and oxygen atoms in total. The third kappa shape index (κ3) is 3.42. The molecule has 0 aliphatic carbocycles. The molecule has 0 fully saturated rings. The topological polar surface area (TPSA) is 73.6 Å². The fraction of sp³-hybridized carbons (Fsp3) is 0.190. The number of carbonyl (C=O) groups excluding carboxylic acids is 2. The molecule has 1 heterocycles. The van der Waals surface area contributed by atoms with Crippen molar-refractivity contribution >= 4 is 22.7 Å². The molecule has 0 aliphatic rings. The van der Waals surface area contributed by atoms with Crippen LogP contribution in [0.1, 0.15) is 39.0 Å². The standard InChI is InChI=1S/C21H18O5/c1-12-8-9-15(10-13(12)2)20(23)14(3)25-21(24)19-11-17(22)16-6-4-5-7-18(16)26-19/h4-11,14H,1-3H3/t14-/m0/s1. The highest BCUT2D eigenvalue weighted by molar-refractivity contribution is 6.01. The SMILES string of the molecule is Cc1ccc(C(=O)[C@H](C)OC(=O)c2cc(=O)c3ccccc3o2)cc1C. The predicted octanol–water partition coefficient (Wildman–Crippen LogP) is 3.84. The summed E-state index contributed by atoms with van der Waals surface area (Å²) in [6.45, 7) is 5.36. The van der Waals surface area contributed by atoms with Gasteiger partial charge in [-0.25, -0.2) is 4.79 Å². The highest BCUT2D eigenvalue weighted by atomic mass is 16.6. The van der Waals surface area contributed by atoms with E-state index in [-0.39, 0.29) is 17.0 Å². The number of rotatable bonds is 4. The lowest BCUT2D eigenvalue weighted by Crippen LogP contribution is -2.25. The molecule has 0 spiro atoms. The van der Waals surface area contributed by atoms with E-state index in [9.17, 15) is 14.4 Å². The van der Waals surface area contributed by atoms with E-state index < -0.39 is 12.1 Å². The first-order valence-electron chi connectivity index (χ1n) is 8.22. The molecular formula is C21H18O5. The first-order chi connectivity index (χ1) is 12.4. The van der Waals surface area contributed by atoms with Gasteiger partial charge in [0.1, 0.15) is 5.58 Å². The fourth-order valence-electron chi connectivity index (χ4n) is 2.61. The molecule has 132 valence electrons. The number of hydrogen-bond donors (Lipinski definition) is 0. The normalized spacial score (nSPS) is 12.0. The Morgan fingerprint density at radius 3 is 2.46 bits per heavy atom. The van der Waals surface area contributed by atoms with Crippen LogP contribution in [0, 0.1) is 13.8 Å². The maximum atomic E-state index is 12.5. The van der Waals surface area contributed by atoms with Crippen LogP contribution in [0.5, 0.6) is 0 Å². The van der Waals surface area contributed by atoms with Gasteiger partial charge in [0, 0.05) is 11.6 Å². The zero-order valence-electron chi connectivity index (χ0n) is 14.7. The van der Waals surface area contributed by atoms with Gasteiger partial charge in [-0.3, -0.25) is 9.59 Å². The smallest absolute Gasteiger partial charge is 0.375 e. The van der Waals surface area contributed by atoms with Gasteiger partial charge in [-0.1, -0.05) is 24.3 Å². The van der Waals surface area contributed by atoms with Gasteiger partial charge in [0.05, 0.1) is 5.39 Å². The van der Waals surface area contributed by atoms with E-state index >= 15 is 0 Å². The second-order valence-electron chi connectivity index (χ2n) is 6.18. The van der Waals surface area contributed by atoms with E-state index in [4.69, 9.17) is 9.15 Å². The first kappa shape index (κ1) is 17.6. The monoisotopic (exact) mass is 350 g/mol. The summed E-state index contributed by atoms with van der Waals surface area (Å²) in [6.07, 6.45) is -0.999. The van der Waals surface area contributed by atoms with E-state index in [1.54, 1.807) is 36.4 Å². The Bertz CT molecular complexity index is 1060. The minimum Gasteiger partial charge on any atom is -0.449 e. The number of aryl methyl sites for hydroxylation is 2.